The first-order valence-corrected chi connectivity index (χ1v) is 8.83. The topological polar surface area (TPSA) is 54.9 Å². The second-order valence-electron chi connectivity index (χ2n) is 5.36. The normalized spacial score (nSPS) is 11.2. The molecule has 0 radical (unpaired) electrons. The van der Waals surface area contributed by atoms with Crippen LogP contribution in [-0.2, 0) is 0 Å². The molecule has 114 valence electrons. The molecule has 0 saturated carbocycles. The van der Waals surface area contributed by atoms with Crippen LogP contribution in [0.5, 0.6) is 0 Å². The van der Waals surface area contributed by atoms with Crippen LogP contribution in [0.25, 0.3) is 20.4 Å². The molecule has 23 heavy (non-hydrogen) atoms. The number of carbonyl (C=O) groups excluding carboxylic acids is 1. The van der Waals surface area contributed by atoms with Gasteiger partial charge >= 0.3 is 0 Å². The zero-order valence-electron chi connectivity index (χ0n) is 12.6. The number of benzene rings is 2. The van der Waals surface area contributed by atoms with Gasteiger partial charge in [-0.25, -0.2) is 9.97 Å². The van der Waals surface area contributed by atoms with E-state index in [-0.39, 0.29) is 5.91 Å². The maximum atomic E-state index is 12.4. The molecule has 2 heterocycles. The van der Waals surface area contributed by atoms with Crippen molar-refractivity contribution >= 4 is 54.1 Å². The second-order valence-corrected chi connectivity index (χ2v) is 7.28. The molecule has 0 aliphatic carbocycles. The number of nitrogens with one attached hydrogen (secondary N) is 1. The lowest BCUT2D eigenvalue weighted by atomic mass is 10.1. The Morgan fingerprint density at radius 1 is 1.13 bits per heavy atom. The summed E-state index contributed by atoms with van der Waals surface area (Å²) in [7, 11) is 0. The predicted molar refractivity (Wildman–Crippen MR) is 96.7 cm³/mol. The molecule has 2 aromatic heterocycles. The monoisotopic (exact) mass is 339 g/mol. The minimum absolute atomic E-state index is 0.145. The number of thiazole rings is 2. The van der Waals surface area contributed by atoms with Crippen LogP contribution in [0.15, 0.2) is 35.8 Å². The number of aryl methyl sites for hydroxylation is 2. The summed E-state index contributed by atoms with van der Waals surface area (Å²) < 4.78 is 2.09. The van der Waals surface area contributed by atoms with Crippen LogP contribution in [0.3, 0.4) is 0 Å². The second kappa shape index (κ2) is 5.40. The summed E-state index contributed by atoms with van der Waals surface area (Å²) in [5.74, 6) is -0.145. The van der Waals surface area contributed by atoms with Gasteiger partial charge in [-0.1, -0.05) is 17.4 Å². The Hall–Kier alpha value is -2.31. The van der Waals surface area contributed by atoms with Crippen LogP contribution in [0.1, 0.15) is 21.5 Å². The van der Waals surface area contributed by atoms with Gasteiger partial charge in [0.1, 0.15) is 0 Å². The highest BCUT2D eigenvalue weighted by Gasteiger charge is 2.12. The van der Waals surface area contributed by atoms with E-state index in [2.05, 4.69) is 35.2 Å². The molecule has 4 aromatic rings. The molecule has 0 saturated heterocycles. The van der Waals surface area contributed by atoms with Crippen LogP contribution in [0, 0.1) is 13.8 Å². The Balaban J connectivity index is 1.66. The van der Waals surface area contributed by atoms with Gasteiger partial charge in [-0.15, -0.1) is 11.3 Å². The van der Waals surface area contributed by atoms with Crippen LogP contribution in [-0.4, -0.2) is 15.9 Å². The van der Waals surface area contributed by atoms with E-state index >= 15 is 0 Å². The van der Waals surface area contributed by atoms with Crippen LogP contribution in [0.2, 0.25) is 0 Å². The molecule has 0 bridgehead atoms. The average Bonchev–Trinajstić information content (AvgIpc) is 3.16. The average molecular weight is 339 g/mol. The minimum atomic E-state index is -0.145. The van der Waals surface area contributed by atoms with Gasteiger partial charge in [0.05, 0.1) is 25.9 Å². The molecule has 0 spiro atoms. The van der Waals surface area contributed by atoms with E-state index in [0.717, 1.165) is 26.0 Å². The third-order valence-electron chi connectivity index (χ3n) is 3.90. The molecule has 0 fully saturated rings. The van der Waals surface area contributed by atoms with Crippen molar-refractivity contribution in [2.75, 3.05) is 5.32 Å². The van der Waals surface area contributed by atoms with Gasteiger partial charge in [0.25, 0.3) is 5.91 Å². The van der Waals surface area contributed by atoms with Gasteiger partial charge < -0.3 is 0 Å². The predicted octanol–water partition coefficient (Wildman–Crippen LogP) is 4.78. The highest BCUT2D eigenvalue weighted by Crippen LogP contribution is 2.30. The number of aromatic nitrogens is 2. The summed E-state index contributed by atoms with van der Waals surface area (Å²) in [5, 5.41) is 3.53. The zero-order chi connectivity index (χ0) is 16.0. The van der Waals surface area contributed by atoms with Crippen LogP contribution < -0.4 is 5.32 Å². The van der Waals surface area contributed by atoms with E-state index < -0.39 is 0 Å². The Morgan fingerprint density at radius 2 is 2.00 bits per heavy atom. The largest absolute Gasteiger partial charge is 0.298 e. The molecule has 0 unspecified atom stereocenters. The van der Waals surface area contributed by atoms with Crippen molar-refractivity contribution in [2.45, 2.75) is 13.8 Å². The SMILES string of the molecule is Cc1ccc2sc(NC(=O)c3ccc4ncsc4c3)nc2c1C. The molecular formula is C17H13N3OS2. The van der Waals surface area contributed by atoms with Crippen molar-refractivity contribution in [3.8, 4) is 0 Å². The number of amides is 1. The van der Waals surface area contributed by atoms with Gasteiger partial charge in [-0.2, -0.15) is 0 Å². The fraction of sp³-hybridized carbons (Fsp3) is 0.118. The molecule has 6 heteroatoms. The van der Waals surface area contributed by atoms with Gasteiger partial charge in [-0.3, -0.25) is 10.1 Å². The number of nitrogens with zero attached hydrogens (tertiary/aromatic N) is 2. The summed E-state index contributed by atoms with van der Waals surface area (Å²) in [6.45, 7) is 4.12. The third-order valence-corrected chi connectivity index (χ3v) is 5.63. The number of hydrogen-bond acceptors (Lipinski definition) is 5. The van der Waals surface area contributed by atoms with E-state index in [1.165, 1.54) is 28.2 Å². The maximum absolute atomic E-state index is 12.4. The molecular weight excluding hydrogens is 326 g/mol. The first-order valence-electron chi connectivity index (χ1n) is 7.13. The number of fused-ring (bicyclic) bond motifs is 2. The molecule has 2 aromatic carbocycles. The van der Waals surface area contributed by atoms with Crippen molar-refractivity contribution in [1.82, 2.24) is 9.97 Å². The molecule has 1 amide bonds. The Bertz CT molecular complexity index is 1050. The lowest BCUT2D eigenvalue weighted by Crippen LogP contribution is -2.11. The zero-order valence-corrected chi connectivity index (χ0v) is 14.2. The number of anilines is 1. The maximum Gasteiger partial charge on any atom is 0.257 e. The number of carbonyl (C=O) groups is 1. The summed E-state index contributed by atoms with van der Waals surface area (Å²) in [5.41, 5.74) is 6.64. The van der Waals surface area contributed by atoms with Crippen LogP contribution >= 0.6 is 22.7 Å². The first kappa shape index (κ1) is 14.3. The summed E-state index contributed by atoms with van der Waals surface area (Å²) >= 11 is 3.02. The van der Waals surface area contributed by atoms with Crippen LogP contribution in [0.4, 0.5) is 5.13 Å². The van der Waals surface area contributed by atoms with Crippen molar-refractivity contribution in [2.24, 2.45) is 0 Å². The highest BCUT2D eigenvalue weighted by molar-refractivity contribution is 7.22. The van der Waals surface area contributed by atoms with E-state index in [1.807, 2.05) is 18.2 Å². The molecule has 0 aliphatic rings. The number of hydrogen-bond donors (Lipinski definition) is 1. The highest BCUT2D eigenvalue weighted by atomic mass is 32.1. The number of rotatable bonds is 2. The summed E-state index contributed by atoms with van der Waals surface area (Å²) in [6.07, 6.45) is 0. The Morgan fingerprint density at radius 3 is 2.87 bits per heavy atom. The molecule has 4 rings (SSSR count). The lowest BCUT2D eigenvalue weighted by Gasteiger charge is -2.01. The quantitative estimate of drug-likeness (QED) is 0.572. The standard InChI is InChI=1S/C17H13N3OS2/c1-9-3-6-13-15(10(9)2)19-17(23-13)20-16(21)11-4-5-12-14(7-11)22-8-18-12/h3-8H,1-2H3,(H,19,20,21). The third kappa shape index (κ3) is 2.50. The first-order chi connectivity index (χ1) is 11.1. The van der Waals surface area contributed by atoms with Crippen molar-refractivity contribution in [3.05, 3.63) is 52.5 Å². The van der Waals surface area contributed by atoms with Gasteiger partial charge in [0.2, 0.25) is 0 Å². The van der Waals surface area contributed by atoms with Gasteiger partial charge in [-0.05, 0) is 49.2 Å². The van der Waals surface area contributed by atoms with Crippen molar-refractivity contribution in [1.29, 1.82) is 0 Å². The van der Waals surface area contributed by atoms with E-state index in [0.29, 0.717) is 10.7 Å². The minimum Gasteiger partial charge on any atom is -0.298 e. The molecule has 4 nitrogen and oxygen atoms in total. The smallest absolute Gasteiger partial charge is 0.257 e. The van der Waals surface area contributed by atoms with E-state index in [1.54, 1.807) is 11.6 Å². The van der Waals surface area contributed by atoms with E-state index in [4.69, 9.17) is 0 Å². The summed E-state index contributed by atoms with van der Waals surface area (Å²) in [6, 6.07) is 9.66. The van der Waals surface area contributed by atoms with Crippen molar-refractivity contribution in [3.63, 3.8) is 0 Å². The fourth-order valence-electron chi connectivity index (χ4n) is 2.45. The molecule has 1 N–H and O–H groups in total. The fourth-order valence-corrected chi connectivity index (χ4v) is 4.08. The summed E-state index contributed by atoms with van der Waals surface area (Å²) in [4.78, 5) is 21.2. The van der Waals surface area contributed by atoms with Gasteiger partial charge in [0.15, 0.2) is 5.13 Å². The molecule has 0 aliphatic heterocycles. The lowest BCUT2D eigenvalue weighted by molar-refractivity contribution is 0.102. The van der Waals surface area contributed by atoms with Gasteiger partial charge in [0, 0.05) is 5.56 Å². The van der Waals surface area contributed by atoms with Crippen molar-refractivity contribution < 1.29 is 4.79 Å². The van der Waals surface area contributed by atoms with E-state index in [9.17, 15) is 4.79 Å². The Kier molecular flexibility index (Phi) is 3.36. The Labute approximate surface area is 140 Å². The molecule has 0 atom stereocenters.